The molecule has 0 nitrogen and oxygen atoms in total. The molecule has 0 atom stereocenters. The lowest BCUT2D eigenvalue weighted by molar-refractivity contribution is -0.254. The van der Waals surface area contributed by atoms with Crippen LogP contribution in [0.15, 0.2) is 35.7 Å². The van der Waals surface area contributed by atoms with Gasteiger partial charge in [-0.25, -0.2) is 0 Å². The topological polar surface area (TPSA) is 0 Å². The lowest BCUT2D eigenvalue weighted by Crippen LogP contribution is -2.48. The number of benzene rings is 1. The van der Waals surface area contributed by atoms with Gasteiger partial charge in [-0.2, -0.15) is 26.3 Å². The maximum Gasteiger partial charge on any atom is 0.380 e. The van der Waals surface area contributed by atoms with Crippen LogP contribution in [0.1, 0.15) is 20.9 Å². The summed E-state index contributed by atoms with van der Waals surface area (Å²) in [7, 11) is 0. The lowest BCUT2D eigenvalue weighted by atomic mass is 9.93. The van der Waals surface area contributed by atoms with E-state index in [1.165, 1.54) is 31.4 Å². The van der Waals surface area contributed by atoms with Crippen molar-refractivity contribution in [3.63, 3.8) is 0 Å². The van der Waals surface area contributed by atoms with Gasteiger partial charge in [0.2, 0.25) is 0 Å². The summed E-state index contributed by atoms with van der Waals surface area (Å²) < 4.78 is 88.3. The van der Waals surface area contributed by atoms with Crippen molar-refractivity contribution < 1.29 is 26.3 Å². The Morgan fingerprint density at radius 3 is 2.04 bits per heavy atom. The third kappa shape index (κ3) is 2.23. The molecule has 27 heavy (non-hydrogen) atoms. The zero-order chi connectivity index (χ0) is 19.8. The van der Waals surface area contributed by atoms with Crippen molar-refractivity contribution in [2.24, 2.45) is 0 Å². The third-order valence-electron chi connectivity index (χ3n) is 4.82. The highest BCUT2D eigenvalue weighted by atomic mass is 32.1. The second kappa shape index (κ2) is 5.61. The van der Waals surface area contributed by atoms with Crippen LogP contribution < -0.4 is 0 Å². The van der Waals surface area contributed by atoms with E-state index in [1.54, 1.807) is 18.2 Å². The van der Waals surface area contributed by atoms with Gasteiger partial charge in [-0.3, -0.25) is 0 Å². The molecule has 1 aliphatic rings. The number of halogens is 6. The van der Waals surface area contributed by atoms with Crippen LogP contribution in [0.2, 0.25) is 0 Å². The summed E-state index contributed by atoms with van der Waals surface area (Å²) in [5.74, 6) is -15.5. The molecule has 8 heteroatoms. The van der Waals surface area contributed by atoms with Gasteiger partial charge in [0.1, 0.15) is 0 Å². The van der Waals surface area contributed by atoms with Gasteiger partial charge in [0.25, 0.3) is 0 Å². The number of hydrogen-bond donors (Lipinski definition) is 0. The fourth-order valence-corrected chi connectivity index (χ4v) is 5.31. The summed E-state index contributed by atoms with van der Waals surface area (Å²) in [6.07, 6.45) is 0. The van der Waals surface area contributed by atoms with Crippen LogP contribution in [0, 0.1) is 13.8 Å². The molecule has 3 aromatic rings. The van der Waals surface area contributed by atoms with Gasteiger partial charge >= 0.3 is 17.8 Å². The number of hydrogen-bond acceptors (Lipinski definition) is 2. The number of allylic oxidation sites excluding steroid dienone is 2. The van der Waals surface area contributed by atoms with Gasteiger partial charge in [-0.15, -0.1) is 22.7 Å². The minimum atomic E-state index is -5.52. The van der Waals surface area contributed by atoms with E-state index < -0.39 is 28.9 Å². The Hall–Kier alpha value is -1.80. The summed E-state index contributed by atoms with van der Waals surface area (Å²) in [5.41, 5.74) is -3.03. The summed E-state index contributed by atoms with van der Waals surface area (Å²) in [6, 6.07) is 7.58. The molecule has 0 N–H and O–H groups in total. The van der Waals surface area contributed by atoms with Gasteiger partial charge in [0.15, 0.2) is 0 Å². The molecular weight excluding hydrogens is 406 g/mol. The van der Waals surface area contributed by atoms with Crippen molar-refractivity contribution in [3.8, 4) is 0 Å². The molecule has 2 aromatic heterocycles. The summed E-state index contributed by atoms with van der Waals surface area (Å²) in [6.45, 7) is 2.93. The van der Waals surface area contributed by atoms with Crippen LogP contribution in [-0.2, 0) is 0 Å². The zero-order valence-electron chi connectivity index (χ0n) is 14.0. The predicted molar refractivity (Wildman–Crippen MR) is 97.3 cm³/mol. The normalized spacial score (nSPS) is 20.6. The molecule has 0 saturated heterocycles. The Morgan fingerprint density at radius 2 is 1.41 bits per heavy atom. The average molecular weight is 418 g/mol. The maximum absolute atomic E-state index is 14.8. The highest BCUT2D eigenvalue weighted by Crippen LogP contribution is 2.66. The van der Waals surface area contributed by atoms with E-state index in [4.69, 9.17) is 0 Å². The van der Waals surface area contributed by atoms with Crippen LogP contribution in [-0.4, -0.2) is 17.8 Å². The Bertz CT molecular complexity index is 1090. The molecule has 0 bridgehead atoms. The Morgan fingerprint density at radius 1 is 0.778 bits per heavy atom. The Labute approximate surface area is 158 Å². The minimum absolute atomic E-state index is 0.224. The molecule has 1 aliphatic carbocycles. The van der Waals surface area contributed by atoms with E-state index in [-0.39, 0.29) is 21.4 Å². The smallest absolute Gasteiger partial charge is 0.194 e. The molecular formula is C19H12F6S2. The number of alkyl halides is 6. The van der Waals surface area contributed by atoms with Gasteiger partial charge in [-0.05, 0) is 36.9 Å². The van der Waals surface area contributed by atoms with E-state index in [1.807, 2.05) is 0 Å². The first-order valence-corrected chi connectivity index (χ1v) is 9.63. The maximum atomic E-state index is 14.8. The monoisotopic (exact) mass is 418 g/mol. The lowest BCUT2D eigenvalue weighted by Gasteiger charge is -2.25. The molecule has 0 amide bonds. The third-order valence-corrected chi connectivity index (χ3v) is 6.75. The van der Waals surface area contributed by atoms with E-state index >= 15 is 0 Å². The molecule has 0 unspecified atom stereocenters. The Kier molecular flexibility index (Phi) is 3.85. The van der Waals surface area contributed by atoms with Crippen LogP contribution in [0.25, 0.3) is 21.2 Å². The van der Waals surface area contributed by atoms with Crippen molar-refractivity contribution >= 4 is 43.9 Å². The van der Waals surface area contributed by atoms with Crippen molar-refractivity contribution in [1.82, 2.24) is 0 Å². The van der Waals surface area contributed by atoms with E-state index in [2.05, 4.69) is 0 Å². The number of aryl methyl sites for hydroxylation is 2. The second-order valence-electron chi connectivity index (χ2n) is 6.39. The SMILES string of the molecule is Cc1sccc1C1=C(c2c(C)sc3ccccc23)C(F)(F)C(F)(F)C1(F)F. The van der Waals surface area contributed by atoms with Crippen LogP contribution in [0.3, 0.4) is 0 Å². The largest absolute Gasteiger partial charge is 0.380 e. The van der Waals surface area contributed by atoms with Crippen molar-refractivity contribution in [3.05, 3.63) is 56.6 Å². The predicted octanol–water partition coefficient (Wildman–Crippen LogP) is 7.41. The number of thiophene rings is 2. The van der Waals surface area contributed by atoms with Crippen LogP contribution >= 0.6 is 22.7 Å². The molecule has 1 aromatic carbocycles. The molecule has 0 spiro atoms. The van der Waals surface area contributed by atoms with E-state index in [0.29, 0.717) is 9.58 Å². The molecule has 0 saturated carbocycles. The first-order valence-electron chi connectivity index (χ1n) is 7.93. The van der Waals surface area contributed by atoms with Crippen molar-refractivity contribution in [2.75, 3.05) is 0 Å². The Balaban J connectivity index is 2.19. The zero-order valence-corrected chi connectivity index (χ0v) is 15.7. The molecule has 4 rings (SSSR count). The minimum Gasteiger partial charge on any atom is -0.194 e. The molecule has 2 heterocycles. The molecule has 142 valence electrons. The number of rotatable bonds is 2. The first kappa shape index (κ1) is 18.6. The highest BCUT2D eigenvalue weighted by Gasteiger charge is 2.80. The van der Waals surface area contributed by atoms with E-state index in [0.717, 1.165) is 22.7 Å². The van der Waals surface area contributed by atoms with Gasteiger partial charge in [0, 0.05) is 36.6 Å². The highest BCUT2D eigenvalue weighted by molar-refractivity contribution is 7.19. The summed E-state index contributed by atoms with van der Waals surface area (Å²) in [5, 5.41) is 1.70. The quantitative estimate of drug-likeness (QED) is 0.380. The average Bonchev–Trinajstić information content (AvgIpc) is 3.16. The molecule has 0 radical (unpaired) electrons. The van der Waals surface area contributed by atoms with E-state index in [9.17, 15) is 26.3 Å². The summed E-state index contributed by atoms with van der Waals surface area (Å²) >= 11 is 2.16. The standard InChI is InChI=1S/C19H12F6S2/c1-9-11(7-8-26-9)15-16(18(22,23)19(24,25)17(15,20)21)14-10(2)27-13-6-4-3-5-12(13)14/h3-8H,1-2H3. The van der Waals surface area contributed by atoms with Gasteiger partial charge in [-0.1, -0.05) is 18.2 Å². The van der Waals surface area contributed by atoms with Crippen LogP contribution in [0.4, 0.5) is 26.3 Å². The van der Waals surface area contributed by atoms with Crippen LogP contribution in [0.5, 0.6) is 0 Å². The summed E-state index contributed by atoms with van der Waals surface area (Å²) in [4.78, 5) is 0.581. The van der Waals surface area contributed by atoms with Crippen molar-refractivity contribution in [2.45, 2.75) is 31.6 Å². The fraction of sp³-hybridized carbons (Fsp3) is 0.263. The van der Waals surface area contributed by atoms with Gasteiger partial charge in [0.05, 0.1) is 0 Å². The first-order chi connectivity index (χ1) is 12.5. The molecule has 0 fully saturated rings. The number of fused-ring (bicyclic) bond motifs is 1. The molecule has 0 aliphatic heterocycles. The fourth-order valence-electron chi connectivity index (χ4n) is 3.53. The van der Waals surface area contributed by atoms with Gasteiger partial charge < -0.3 is 0 Å². The second-order valence-corrected chi connectivity index (χ2v) is 8.77. The van der Waals surface area contributed by atoms with Crippen molar-refractivity contribution in [1.29, 1.82) is 0 Å².